The molecule has 1 atom stereocenters. The molecule has 4 aromatic rings. The van der Waals surface area contributed by atoms with Gasteiger partial charge in [-0.05, 0) is 72.1 Å². The highest BCUT2D eigenvalue weighted by atomic mass is 16.5. The Bertz CT molecular complexity index is 1490. The van der Waals surface area contributed by atoms with Gasteiger partial charge in [-0.25, -0.2) is 9.97 Å². The second kappa shape index (κ2) is 12.6. The lowest BCUT2D eigenvalue weighted by atomic mass is 10.0. The van der Waals surface area contributed by atoms with Crippen molar-refractivity contribution in [2.24, 2.45) is 0 Å². The van der Waals surface area contributed by atoms with Crippen LogP contribution in [0.4, 0.5) is 5.69 Å². The van der Waals surface area contributed by atoms with Crippen LogP contribution in [0.15, 0.2) is 42.6 Å². The molecular formula is C31H41N7O2. The van der Waals surface area contributed by atoms with Gasteiger partial charge in [0.05, 0.1) is 46.2 Å². The minimum absolute atomic E-state index is 0.0605. The molecule has 0 fully saturated rings. The summed E-state index contributed by atoms with van der Waals surface area (Å²) >= 11 is 0. The quantitative estimate of drug-likeness (QED) is 0.293. The van der Waals surface area contributed by atoms with Gasteiger partial charge in [-0.15, -0.1) is 0 Å². The number of pyridine rings is 2. The van der Waals surface area contributed by atoms with E-state index in [1.54, 1.807) is 12.0 Å². The molecule has 0 aliphatic heterocycles. The van der Waals surface area contributed by atoms with E-state index in [2.05, 4.69) is 22.2 Å². The van der Waals surface area contributed by atoms with Crippen LogP contribution in [0.5, 0.6) is 0 Å². The number of anilines is 1. The number of hydrogen-bond donors (Lipinski definition) is 1. The molecule has 1 amide bonds. The zero-order chi connectivity index (χ0) is 29.0. The second-order valence-corrected chi connectivity index (χ2v) is 10.6. The topological polar surface area (TPSA) is 88.4 Å². The number of carbonyl (C=O) groups is 1. The summed E-state index contributed by atoms with van der Waals surface area (Å²) in [4.78, 5) is 27.5. The summed E-state index contributed by atoms with van der Waals surface area (Å²) in [6.07, 6.45) is 1.91. The Labute approximate surface area is 237 Å². The molecule has 0 aliphatic rings. The molecule has 9 nitrogen and oxygen atoms in total. The van der Waals surface area contributed by atoms with Crippen molar-refractivity contribution in [2.45, 2.75) is 46.9 Å². The summed E-state index contributed by atoms with van der Waals surface area (Å²) in [5.74, 6) is -0.0654. The third-order valence-electron chi connectivity index (χ3n) is 7.22. The van der Waals surface area contributed by atoms with E-state index in [1.807, 2.05) is 89.2 Å². The lowest BCUT2D eigenvalue weighted by Gasteiger charge is -2.21. The van der Waals surface area contributed by atoms with Crippen LogP contribution in [-0.4, -0.2) is 82.9 Å². The SMILES string of the molecule is CCn1ncc(CN(C)C(=O)c2cc(-c3ccc(NCC(CN(C)C)OC)c(C)n3)nc3ccc(C)cc23)c1C. The highest BCUT2D eigenvalue weighted by molar-refractivity contribution is 6.07. The number of benzene rings is 1. The number of aromatic nitrogens is 4. The molecule has 3 aromatic heterocycles. The molecule has 1 aromatic carbocycles. The Hall–Kier alpha value is -3.82. The smallest absolute Gasteiger partial charge is 0.254 e. The molecule has 1 N–H and O–H groups in total. The Kier molecular flexibility index (Phi) is 9.17. The molecule has 0 spiro atoms. The molecule has 4 rings (SSSR count). The van der Waals surface area contributed by atoms with Crippen LogP contribution in [0.2, 0.25) is 0 Å². The van der Waals surface area contributed by atoms with Gasteiger partial charge in [0.1, 0.15) is 0 Å². The zero-order valence-corrected chi connectivity index (χ0v) is 24.9. The van der Waals surface area contributed by atoms with Crippen molar-refractivity contribution in [3.63, 3.8) is 0 Å². The maximum Gasteiger partial charge on any atom is 0.254 e. The first-order valence-electron chi connectivity index (χ1n) is 13.7. The van der Waals surface area contributed by atoms with Crippen molar-refractivity contribution < 1.29 is 9.53 Å². The van der Waals surface area contributed by atoms with E-state index >= 15 is 0 Å². The van der Waals surface area contributed by atoms with Gasteiger partial charge in [0.2, 0.25) is 0 Å². The number of nitrogens with zero attached hydrogens (tertiary/aromatic N) is 6. The average molecular weight is 544 g/mol. The molecule has 0 saturated heterocycles. The summed E-state index contributed by atoms with van der Waals surface area (Å²) in [5, 5.41) is 8.73. The first-order chi connectivity index (χ1) is 19.1. The van der Waals surface area contributed by atoms with Crippen LogP contribution < -0.4 is 5.32 Å². The Morgan fingerprint density at radius 1 is 1.05 bits per heavy atom. The Morgan fingerprint density at radius 3 is 2.48 bits per heavy atom. The number of fused-ring (bicyclic) bond motifs is 1. The maximum atomic E-state index is 13.8. The molecule has 0 saturated carbocycles. The van der Waals surface area contributed by atoms with E-state index in [1.165, 1.54) is 0 Å². The van der Waals surface area contributed by atoms with Crippen molar-refractivity contribution >= 4 is 22.5 Å². The van der Waals surface area contributed by atoms with Crippen molar-refractivity contribution in [3.8, 4) is 11.4 Å². The van der Waals surface area contributed by atoms with E-state index in [4.69, 9.17) is 14.7 Å². The molecule has 0 aliphatic carbocycles. The number of nitrogens with one attached hydrogen (secondary N) is 1. The molecule has 0 radical (unpaired) electrons. The Balaban J connectivity index is 1.64. The summed E-state index contributed by atoms with van der Waals surface area (Å²) in [7, 11) is 7.62. The van der Waals surface area contributed by atoms with Crippen LogP contribution in [0.1, 0.15) is 39.8 Å². The normalized spacial score (nSPS) is 12.2. The molecular weight excluding hydrogens is 502 g/mol. The van der Waals surface area contributed by atoms with E-state index in [9.17, 15) is 4.79 Å². The fourth-order valence-electron chi connectivity index (χ4n) is 4.88. The van der Waals surface area contributed by atoms with Gasteiger partial charge in [-0.1, -0.05) is 11.6 Å². The van der Waals surface area contributed by atoms with Gasteiger partial charge >= 0.3 is 0 Å². The van der Waals surface area contributed by atoms with E-state index in [-0.39, 0.29) is 12.0 Å². The molecule has 40 heavy (non-hydrogen) atoms. The number of methoxy groups -OCH3 is 1. The molecule has 9 heteroatoms. The number of aryl methyl sites for hydroxylation is 3. The third-order valence-corrected chi connectivity index (χ3v) is 7.22. The molecule has 0 bridgehead atoms. The predicted octanol–water partition coefficient (Wildman–Crippen LogP) is 4.70. The third kappa shape index (κ3) is 6.48. The Morgan fingerprint density at radius 2 is 1.82 bits per heavy atom. The fourth-order valence-corrected chi connectivity index (χ4v) is 4.88. The highest BCUT2D eigenvalue weighted by Crippen LogP contribution is 2.28. The summed E-state index contributed by atoms with van der Waals surface area (Å²) in [6.45, 7) is 10.9. The first kappa shape index (κ1) is 29.2. The number of carbonyl (C=O) groups excluding carboxylic acids is 1. The maximum absolute atomic E-state index is 13.8. The van der Waals surface area contributed by atoms with Gasteiger partial charge in [0, 0.05) is 57.0 Å². The van der Waals surface area contributed by atoms with Crippen LogP contribution >= 0.6 is 0 Å². The lowest BCUT2D eigenvalue weighted by Crippen LogP contribution is -2.33. The zero-order valence-electron chi connectivity index (χ0n) is 24.9. The summed E-state index contributed by atoms with van der Waals surface area (Å²) in [6, 6.07) is 11.9. The highest BCUT2D eigenvalue weighted by Gasteiger charge is 2.20. The van der Waals surface area contributed by atoms with Gasteiger partial charge in [0.15, 0.2) is 0 Å². The van der Waals surface area contributed by atoms with Gasteiger partial charge in [-0.3, -0.25) is 9.48 Å². The monoisotopic (exact) mass is 543 g/mol. The van der Waals surface area contributed by atoms with Crippen LogP contribution in [0.3, 0.4) is 0 Å². The van der Waals surface area contributed by atoms with Crippen LogP contribution in [0, 0.1) is 20.8 Å². The van der Waals surface area contributed by atoms with E-state index in [0.29, 0.717) is 24.3 Å². The van der Waals surface area contributed by atoms with Gasteiger partial charge in [0.25, 0.3) is 5.91 Å². The second-order valence-electron chi connectivity index (χ2n) is 10.6. The van der Waals surface area contributed by atoms with Crippen LogP contribution in [-0.2, 0) is 17.8 Å². The molecule has 212 valence electrons. The van der Waals surface area contributed by atoms with Crippen molar-refractivity contribution in [3.05, 3.63) is 70.7 Å². The number of ether oxygens (including phenoxy) is 1. The summed E-state index contributed by atoms with van der Waals surface area (Å²) < 4.78 is 7.54. The number of likely N-dealkylation sites (N-methyl/N-ethyl adjacent to an activating group) is 1. The van der Waals surface area contributed by atoms with Crippen molar-refractivity contribution in [2.75, 3.05) is 46.7 Å². The minimum Gasteiger partial charge on any atom is -0.381 e. The predicted molar refractivity (Wildman–Crippen MR) is 161 cm³/mol. The number of rotatable bonds is 11. The largest absolute Gasteiger partial charge is 0.381 e. The van der Waals surface area contributed by atoms with Gasteiger partial charge in [-0.2, -0.15) is 5.10 Å². The molecule has 1 unspecified atom stereocenters. The first-order valence-corrected chi connectivity index (χ1v) is 13.7. The van der Waals surface area contributed by atoms with E-state index < -0.39 is 0 Å². The number of hydrogen-bond acceptors (Lipinski definition) is 7. The van der Waals surface area contributed by atoms with Crippen LogP contribution in [0.25, 0.3) is 22.3 Å². The molecule has 3 heterocycles. The summed E-state index contributed by atoms with van der Waals surface area (Å²) in [5.41, 5.74) is 7.75. The number of amides is 1. The average Bonchev–Trinajstić information content (AvgIpc) is 3.28. The van der Waals surface area contributed by atoms with E-state index in [0.717, 1.165) is 57.9 Å². The lowest BCUT2D eigenvalue weighted by molar-refractivity contribution is 0.0786. The van der Waals surface area contributed by atoms with Crippen molar-refractivity contribution in [1.29, 1.82) is 0 Å². The fraction of sp³-hybridized carbons (Fsp3) is 0.419. The minimum atomic E-state index is -0.0654. The van der Waals surface area contributed by atoms with Crippen molar-refractivity contribution in [1.82, 2.24) is 29.5 Å². The standard InChI is InChI=1S/C31H41N7O2/c1-9-38-22(4)23(16-33-38)18-37(7)31(39)26-15-30(35-28-11-10-20(2)14-25(26)28)29-13-12-27(21(3)34-29)32-17-24(40-8)19-36(5)6/h10-16,24,32H,9,17-19H2,1-8H3. The van der Waals surface area contributed by atoms with Gasteiger partial charge < -0.3 is 19.9 Å².